The van der Waals surface area contributed by atoms with E-state index in [-0.39, 0.29) is 0 Å². The molecule has 1 aliphatic rings. The monoisotopic (exact) mass is 374 g/mol. The Morgan fingerprint density at radius 3 is 2.72 bits per heavy atom. The van der Waals surface area contributed by atoms with Gasteiger partial charge in [0.15, 0.2) is 5.11 Å². The molecule has 3 N–H and O–H groups in total. The number of rotatable bonds is 4. The molecule has 1 heterocycles. The third-order valence-electron chi connectivity index (χ3n) is 4.68. The Balaban J connectivity index is 1.52. The van der Waals surface area contributed by atoms with E-state index in [1.54, 1.807) is 4.90 Å². The Labute approximate surface area is 160 Å². The van der Waals surface area contributed by atoms with Gasteiger partial charge >= 0.3 is 0 Å². The van der Waals surface area contributed by atoms with Gasteiger partial charge in [0.1, 0.15) is 6.54 Å². The lowest BCUT2D eigenvalue weighted by molar-refractivity contribution is -0.901. The molecule has 132 valence electrons. The summed E-state index contributed by atoms with van der Waals surface area (Å²) in [5, 5.41) is 8.09. The van der Waals surface area contributed by atoms with Crippen molar-refractivity contribution in [3.8, 4) is 0 Å². The van der Waals surface area contributed by atoms with Crippen LogP contribution in [0.1, 0.15) is 23.1 Å². The number of benzene rings is 2. The fraction of sp³-hybridized carbons (Fsp3) is 0.350. The third kappa shape index (κ3) is 4.94. The van der Waals surface area contributed by atoms with Crippen LogP contribution in [0, 0.1) is 13.8 Å². The molecule has 5 heteroatoms. The van der Waals surface area contributed by atoms with Crippen LogP contribution in [0.2, 0.25) is 5.02 Å². The van der Waals surface area contributed by atoms with E-state index in [1.165, 1.54) is 12.1 Å². The van der Waals surface area contributed by atoms with Crippen molar-refractivity contribution in [1.82, 2.24) is 5.32 Å². The first-order chi connectivity index (χ1) is 12.0. The maximum atomic E-state index is 6.35. The zero-order chi connectivity index (χ0) is 17.8. The highest BCUT2D eigenvalue weighted by atomic mass is 35.5. The van der Waals surface area contributed by atoms with Crippen molar-refractivity contribution in [1.29, 1.82) is 0 Å². The highest BCUT2D eigenvalue weighted by Gasteiger charge is 2.26. The summed E-state index contributed by atoms with van der Waals surface area (Å²) in [4.78, 5) is 1.59. The molecule has 1 fully saturated rings. The van der Waals surface area contributed by atoms with Crippen molar-refractivity contribution in [2.75, 3.05) is 18.4 Å². The molecule has 0 amide bonds. The lowest BCUT2D eigenvalue weighted by atomic mass is 10.1. The maximum Gasteiger partial charge on any atom is 0.171 e. The van der Waals surface area contributed by atoms with Crippen molar-refractivity contribution in [3.63, 3.8) is 0 Å². The van der Waals surface area contributed by atoms with Crippen LogP contribution < -0.4 is 15.5 Å². The maximum absolute atomic E-state index is 6.35. The van der Waals surface area contributed by atoms with Gasteiger partial charge in [0.25, 0.3) is 0 Å². The first-order valence-electron chi connectivity index (χ1n) is 8.73. The molecule has 0 bridgehead atoms. The molecule has 0 aromatic heterocycles. The molecule has 1 aliphatic heterocycles. The van der Waals surface area contributed by atoms with Crippen LogP contribution in [0.5, 0.6) is 0 Å². The van der Waals surface area contributed by atoms with E-state index in [4.69, 9.17) is 23.8 Å². The molecule has 0 radical (unpaired) electrons. The molecule has 25 heavy (non-hydrogen) atoms. The average Bonchev–Trinajstić information content (AvgIpc) is 2.98. The Morgan fingerprint density at radius 1 is 1.24 bits per heavy atom. The van der Waals surface area contributed by atoms with Gasteiger partial charge in [-0.05, 0) is 43.3 Å². The molecule has 1 saturated heterocycles. The van der Waals surface area contributed by atoms with Gasteiger partial charge < -0.3 is 15.5 Å². The highest BCUT2D eigenvalue weighted by molar-refractivity contribution is 7.80. The second-order valence-electron chi connectivity index (χ2n) is 6.89. The molecule has 2 atom stereocenters. The van der Waals surface area contributed by atoms with Crippen LogP contribution in [0.3, 0.4) is 0 Å². The van der Waals surface area contributed by atoms with E-state index >= 15 is 0 Å². The van der Waals surface area contributed by atoms with Gasteiger partial charge in [0, 0.05) is 12.0 Å². The van der Waals surface area contributed by atoms with Crippen LogP contribution >= 0.6 is 23.8 Å². The molecule has 1 unspecified atom stereocenters. The van der Waals surface area contributed by atoms with E-state index in [9.17, 15) is 0 Å². The minimum absolute atomic E-state index is 0.406. The summed E-state index contributed by atoms with van der Waals surface area (Å²) in [6, 6.07) is 15.1. The molecule has 3 nitrogen and oxygen atoms in total. The largest absolute Gasteiger partial charge is 0.354 e. The van der Waals surface area contributed by atoms with E-state index in [2.05, 4.69) is 47.0 Å². The Kier molecular flexibility index (Phi) is 5.94. The fourth-order valence-electron chi connectivity index (χ4n) is 3.51. The molecule has 2 aromatic carbocycles. The number of thiocarbonyl (C=S) groups is 1. The van der Waals surface area contributed by atoms with E-state index in [1.807, 2.05) is 19.9 Å². The number of likely N-dealkylation sites (tertiary alicyclic amines) is 1. The van der Waals surface area contributed by atoms with Crippen LogP contribution in [0.4, 0.5) is 5.69 Å². The number of halogens is 1. The molecule has 0 spiro atoms. The molecular weight excluding hydrogens is 350 g/mol. The van der Waals surface area contributed by atoms with Gasteiger partial charge in [-0.1, -0.05) is 48.0 Å². The highest BCUT2D eigenvalue weighted by Crippen LogP contribution is 2.27. The van der Waals surface area contributed by atoms with Crippen LogP contribution in [0.15, 0.2) is 42.5 Å². The summed E-state index contributed by atoms with van der Waals surface area (Å²) < 4.78 is 0. The first kappa shape index (κ1) is 18.2. The summed E-state index contributed by atoms with van der Waals surface area (Å²) in [6.45, 7) is 7.41. The molecule has 2 aromatic rings. The topological polar surface area (TPSA) is 28.5 Å². The Hall–Kier alpha value is -1.62. The summed E-state index contributed by atoms with van der Waals surface area (Å²) >= 11 is 11.9. The number of hydrogen-bond acceptors (Lipinski definition) is 1. The molecule has 0 saturated carbocycles. The Morgan fingerprint density at radius 2 is 2.00 bits per heavy atom. The summed E-state index contributed by atoms with van der Waals surface area (Å²) in [5.74, 6) is 0. The van der Waals surface area contributed by atoms with Gasteiger partial charge in [-0.15, -0.1) is 0 Å². The minimum Gasteiger partial charge on any atom is -0.354 e. The normalized spacial score (nSPS) is 19.6. The SMILES string of the molecule is Cc1cc(C)c(NC(=S)N[C@@H]2CC[NH+](Cc3ccccc3)C2)c(Cl)c1. The lowest BCUT2D eigenvalue weighted by Crippen LogP contribution is -3.09. The number of hydrogen-bond donors (Lipinski definition) is 3. The number of nitrogens with one attached hydrogen (secondary N) is 3. The van der Waals surface area contributed by atoms with E-state index in [0.29, 0.717) is 16.2 Å². The van der Waals surface area contributed by atoms with Gasteiger partial charge in [-0.2, -0.15) is 0 Å². The van der Waals surface area contributed by atoms with Crippen LogP contribution in [-0.2, 0) is 6.54 Å². The second kappa shape index (κ2) is 8.17. The first-order valence-corrected chi connectivity index (χ1v) is 9.51. The number of aryl methyl sites for hydroxylation is 2. The van der Waals surface area contributed by atoms with E-state index < -0.39 is 0 Å². The van der Waals surface area contributed by atoms with Gasteiger partial charge in [0.05, 0.1) is 29.8 Å². The van der Waals surface area contributed by atoms with E-state index in [0.717, 1.165) is 36.3 Å². The fourth-order valence-corrected chi connectivity index (χ4v) is 4.15. The predicted molar refractivity (Wildman–Crippen MR) is 110 cm³/mol. The predicted octanol–water partition coefficient (Wildman–Crippen LogP) is 3.10. The van der Waals surface area contributed by atoms with Crippen LogP contribution in [0.25, 0.3) is 0 Å². The smallest absolute Gasteiger partial charge is 0.171 e. The zero-order valence-corrected chi connectivity index (χ0v) is 16.3. The standard InChI is InChI=1S/C20H24ClN3S/c1-14-10-15(2)19(18(21)11-14)23-20(25)22-17-8-9-24(13-17)12-16-6-4-3-5-7-16/h3-7,10-11,17H,8-9,12-13H2,1-2H3,(H2,22,23,25)/p+1/t17-/m1/s1. The molecule has 0 aliphatic carbocycles. The van der Waals surface area contributed by atoms with Crippen molar-refractivity contribution in [3.05, 3.63) is 64.2 Å². The summed E-state index contributed by atoms with van der Waals surface area (Å²) in [6.07, 6.45) is 1.13. The van der Waals surface area contributed by atoms with Crippen molar-refractivity contribution in [2.24, 2.45) is 0 Å². The second-order valence-corrected chi connectivity index (χ2v) is 7.70. The van der Waals surface area contributed by atoms with Gasteiger partial charge in [0.2, 0.25) is 0 Å². The zero-order valence-electron chi connectivity index (χ0n) is 14.7. The molecular formula is C20H25ClN3S+. The van der Waals surface area contributed by atoms with Crippen LogP contribution in [-0.4, -0.2) is 24.2 Å². The van der Waals surface area contributed by atoms with Crippen molar-refractivity contribution in [2.45, 2.75) is 32.9 Å². The quantitative estimate of drug-likeness (QED) is 0.718. The average molecular weight is 375 g/mol. The summed E-state index contributed by atoms with van der Waals surface area (Å²) in [5.41, 5.74) is 4.55. The van der Waals surface area contributed by atoms with Crippen molar-refractivity contribution < 1.29 is 4.90 Å². The minimum atomic E-state index is 0.406. The van der Waals surface area contributed by atoms with Crippen molar-refractivity contribution >= 4 is 34.6 Å². The lowest BCUT2D eigenvalue weighted by Gasteiger charge is -2.18. The third-order valence-corrected chi connectivity index (χ3v) is 5.20. The number of quaternary nitrogens is 1. The summed E-state index contributed by atoms with van der Waals surface area (Å²) in [7, 11) is 0. The Bertz CT molecular complexity index is 725. The van der Waals surface area contributed by atoms with Gasteiger partial charge in [-0.25, -0.2) is 0 Å². The molecule has 3 rings (SSSR count). The number of anilines is 1. The van der Waals surface area contributed by atoms with Gasteiger partial charge in [-0.3, -0.25) is 0 Å².